The van der Waals surface area contributed by atoms with Crippen molar-refractivity contribution in [2.75, 3.05) is 18.0 Å². The number of amides is 1. The molecule has 3 aliphatic rings. The number of likely N-dealkylation sites (tertiary alicyclic amines) is 1. The number of benzene rings is 1. The third-order valence-corrected chi connectivity index (χ3v) is 6.79. The Balaban J connectivity index is 1.43. The van der Waals surface area contributed by atoms with Crippen LogP contribution in [0.15, 0.2) is 47.7 Å². The summed E-state index contributed by atoms with van der Waals surface area (Å²) in [4.78, 5) is 23.7. The maximum Gasteiger partial charge on any atom is 0.279 e. The van der Waals surface area contributed by atoms with Crippen LogP contribution in [-0.4, -0.2) is 50.0 Å². The maximum atomic E-state index is 15.6. The fourth-order valence-corrected chi connectivity index (χ4v) is 5.16. The smallest absolute Gasteiger partial charge is 0.279 e. The number of nitrogens with zero attached hydrogens (tertiary/aromatic N) is 4. The Kier molecular flexibility index (Phi) is 4.24. The minimum Gasteiger partial charge on any atom is -0.368 e. The summed E-state index contributed by atoms with van der Waals surface area (Å²) in [5.41, 5.74) is 4.78. The molecule has 1 fully saturated rings. The normalized spacial score (nSPS) is 22.5. The summed E-state index contributed by atoms with van der Waals surface area (Å²) in [6, 6.07) is 4.74. The van der Waals surface area contributed by atoms with Crippen LogP contribution in [-0.2, 0) is 0 Å². The van der Waals surface area contributed by atoms with Gasteiger partial charge in [0.2, 0.25) is 0 Å². The van der Waals surface area contributed by atoms with Gasteiger partial charge in [0.15, 0.2) is 5.69 Å². The van der Waals surface area contributed by atoms with Crippen molar-refractivity contribution in [1.29, 1.82) is 0 Å². The Labute approximate surface area is 187 Å². The first-order chi connectivity index (χ1) is 15.8. The Hall–Kier alpha value is -3.56. The molecule has 1 atom stereocenters. The molecule has 0 saturated carbocycles. The molecule has 0 bridgehead atoms. The number of hydrogen-bond donors (Lipinski definition) is 2. The van der Waals surface area contributed by atoms with Gasteiger partial charge in [0.05, 0.1) is 29.9 Å². The summed E-state index contributed by atoms with van der Waals surface area (Å²) in [5.74, 6) is -3.54. The number of halogens is 3. The van der Waals surface area contributed by atoms with Crippen molar-refractivity contribution in [1.82, 2.24) is 25.1 Å². The van der Waals surface area contributed by atoms with Crippen molar-refractivity contribution in [3.8, 4) is 0 Å². The van der Waals surface area contributed by atoms with Crippen LogP contribution < -0.4 is 4.90 Å². The molecule has 4 heterocycles. The minimum absolute atomic E-state index is 0.213. The molecule has 7 nitrogen and oxygen atoms in total. The highest BCUT2D eigenvalue weighted by Gasteiger charge is 2.45. The van der Waals surface area contributed by atoms with Crippen molar-refractivity contribution >= 4 is 22.6 Å². The van der Waals surface area contributed by atoms with Crippen molar-refractivity contribution in [2.45, 2.75) is 38.2 Å². The van der Waals surface area contributed by atoms with E-state index in [0.717, 1.165) is 11.0 Å². The predicted octanol–water partition coefficient (Wildman–Crippen LogP) is 4.54. The number of H-pyrrole nitrogens is 2. The molecule has 2 aromatic heterocycles. The summed E-state index contributed by atoms with van der Waals surface area (Å²) in [7, 11) is 0. The SMILES string of the molecule is Cc1[nH]nc2c1C(C1=C(F)C=C(N3CCC(F)(F)C3)CC1)N(c1ccc3nc[nH]c3c1)C2=O. The molecule has 1 aliphatic carbocycles. The van der Waals surface area contributed by atoms with Gasteiger partial charge in [-0.05, 0) is 49.6 Å². The molecule has 170 valence electrons. The zero-order chi connectivity index (χ0) is 22.9. The minimum atomic E-state index is -2.75. The molecule has 2 aliphatic heterocycles. The largest absolute Gasteiger partial charge is 0.368 e. The molecule has 1 amide bonds. The van der Waals surface area contributed by atoms with Gasteiger partial charge in [-0.1, -0.05) is 0 Å². The number of alkyl halides is 2. The number of hydrogen-bond acceptors (Lipinski definition) is 4. The second-order valence-electron chi connectivity index (χ2n) is 8.83. The highest BCUT2D eigenvalue weighted by Crippen LogP contribution is 2.47. The topological polar surface area (TPSA) is 80.9 Å². The van der Waals surface area contributed by atoms with Gasteiger partial charge < -0.3 is 9.88 Å². The van der Waals surface area contributed by atoms with Gasteiger partial charge in [-0.15, -0.1) is 0 Å². The Morgan fingerprint density at radius 2 is 2.09 bits per heavy atom. The fraction of sp³-hybridized carbons (Fsp3) is 0.348. The van der Waals surface area contributed by atoms with E-state index in [9.17, 15) is 13.6 Å². The average molecular weight is 454 g/mol. The molecule has 3 aromatic rings. The lowest BCUT2D eigenvalue weighted by Crippen LogP contribution is -2.31. The van der Waals surface area contributed by atoms with E-state index >= 15 is 4.39 Å². The highest BCUT2D eigenvalue weighted by atomic mass is 19.3. The number of carbonyl (C=O) groups is 1. The maximum absolute atomic E-state index is 15.6. The molecule has 1 unspecified atom stereocenters. The molecule has 0 radical (unpaired) electrons. The number of allylic oxidation sites excluding steroid dienone is 3. The van der Waals surface area contributed by atoms with Gasteiger partial charge in [0.25, 0.3) is 11.8 Å². The van der Waals surface area contributed by atoms with Crippen LogP contribution in [0, 0.1) is 6.92 Å². The standard InChI is InChI=1S/C23H21F3N6O/c1-12-19-20(30-29-12)22(33)32(14-3-5-17-18(9-14)28-11-27-17)21(19)15-4-2-13(8-16(15)24)31-7-6-23(25,26)10-31/h3,5,8-9,11,21H,2,4,6-7,10H2,1H3,(H,27,28)(H,29,30). The Bertz CT molecular complexity index is 1350. The molecule has 2 N–H and O–H groups in total. The van der Waals surface area contributed by atoms with Crippen LogP contribution in [0.4, 0.5) is 18.9 Å². The van der Waals surface area contributed by atoms with Crippen LogP contribution >= 0.6 is 0 Å². The van der Waals surface area contributed by atoms with E-state index in [2.05, 4.69) is 20.2 Å². The summed E-state index contributed by atoms with van der Waals surface area (Å²) in [6.45, 7) is 1.64. The second-order valence-corrected chi connectivity index (χ2v) is 8.83. The fourth-order valence-electron chi connectivity index (χ4n) is 5.16. The first-order valence-corrected chi connectivity index (χ1v) is 10.9. The van der Waals surface area contributed by atoms with Crippen LogP contribution in [0.25, 0.3) is 11.0 Å². The van der Waals surface area contributed by atoms with Crippen LogP contribution in [0.1, 0.15) is 47.1 Å². The number of carbonyl (C=O) groups excluding carboxylic acids is 1. The number of aromatic nitrogens is 4. The first-order valence-electron chi connectivity index (χ1n) is 10.9. The summed E-state index contributed by atoms with van der Waals surface area (Å²) in [6.07, 6.45) is 3.47. The molecular formula is C23H21F3N6O. The van der Waals surface area contributed by atoms with E-state index in [1.165, 1.54) is 6.08 Å². The van der Waals surface area contributed by atoms with E-state index in [-0.39, 0.29) is 31.1 Å². The van der Waals surface area contributed by atoms with Crippen molar-refractivity contribution in [2.24, 2.45) is 0 Å². The molecule has 0 spiro atoms. The van der Waals surface area contributed by atoms with Gasteiger partial charge in [-0.25, -0.2) is 18.2 Å². The van der Waals surface area contributed by atoms with Crippen molar-refractivity contribution < 1.29 is 18.0 Å². The molecule has 1 aromatic carbocycles. The van der Waals surface area contributed by atoms with Gasteiger partial charge in [0.1, 0.15) is 5.83 Å². The average Bonchev–Trinajstić information content (AvgIpc) is 3.53. The van der Waals surface area contributed by atoms with Gasteiger partial charge in [0, 0.05) is 35.6 Å². The van der Waals surface area contributed by atoms with Crippen molar-refractivity contribution in [3.63, 3.8) is 0 Å². The molecule has 33 heavy (non-hydrogen) atoms. The van der Waals surface area contributed by atoms with Crippen LogP contribution in [0.2, 0.25) is 0 Å². The number of rotatable bonds is 3. The van der Waals surface area contributed by atoms with Crippen LogP contribution in [0.3, 0.4) is 0 Å². The van der Waals surface area contributed by atoms with E-state index in [0.29, 0.717) is 41.1 Å². The third-order valence-electron chi connectivity index (χ3n) is 6.79. The summed E-state index contributed by atoms with van der Waals surface area (Å²) >= 11 is 0. The zero-order valence-corrected chi connectivity index (χ0v) is 17.8. The number of imidazole rings is 1. The van der Waals surface area contributed by atoms with Gasteiger partial charge >= 0.3 is 0 Å². The number of anilines is 1. The lowest BCUT2D eigenvalue weighted by molar-refractivity contribution is 0.0148. The first kappa shape index (κ1) is 20.1. The van der Waals surface area contributed by atoms with E-state index in [1.807, 2.05) is 13.0 Å². The van der Waals surface area contributed by atoms with E-state index in [1.54, 1.807) is 28.3 Å². The molecule has 1 saturated heterocycles. The lowest BCUT2D eigenvalue weighted by Gasteiger charge is -2.31. The quantitative estimate of drug-likeness (QED) is 0.609. The van der Waals surface area contributed by atoms with Gasteiger partial charge in [-0.2, -0.15) is 5.10 Å². The Morgan fingerprint density at radius 1 is 1.24 bits per heavy atom. The molecular weight excluding hydrogens is 433 g/mol. The summed E-state index contributed by atoms with van der Waals surface area (Å²) < 4.78 is 42.9. The van der Waals surface area contributed by atoms with Crippen LogP contribution in [0.5, 0.6) is 0 Å². The third kappa shape index (κ3) is 3.07. The number of aromatic amines is 2. The zero-order valence-electron chi connectivity index (χ0n) is 17.8. The second kappa shape index (κ2) is 6.97. The number of aryl methyl sites for hydroxylation is 1. The van der Waals surface area contributed by atoms with E-state index < -0.39 is 17.8 Å². The predicted molar refractivity (Wildman–Crippen MR) is 116 cm³/mol. The molecule has 10 heteroatoms. The lowest BCUT2D eigenvalue weighted by atomic mass is 9.90. The highest BCUT2D eigenvalue weighted by molar-refractivity contribution is 6.11. The van der Waals surface area contributed by atoms with Crippen molar-refractivity contribution in [3.05, 3.63) is 64.7 Å². The number of fused-ring (bicyclic) bond motifs is 2. The van der Waals surface area contributed by atoms with Gasteiger partial charge in [-0.3, -0.25) is 14.8 Å². The monoisotopic (exact) mass is 454 g/mol. The molecule has 6 rings (SSSR count). The Morgan fingerprint density at radius 3 is 2.85 bits per heavy atom. The van der Waals surface area contributed by atoms with E-state index in [4.69, 9.17) is 0 Å². The summed E-state index contributed by atoms with van der Waals surface area (Å²) in [5, 5.41) is 7.03. The number of nitrogens with one attached hydrogen (secondary N) is 2.